The lowest BCUT2D eigenvalue weighted by atomic mass is 9.88. The van der Waals surface area contributed by atoms with Gasteiger partial charge in [-0.3, -0.25) is 9.59 Å². The molecule has 6 nitrogen and oxygen atoms in total. The Morgan fingerprint density at radius 3 is 1.97 bits per heavy atom. The third kappa shape index (κ3) is 4.16. The summed E-state index contributed by atoms with van der Waals surface area (Å²) in [5.41, 5.74) is 2.24. The van der Waals surface area contributed by atoms with Crippen LogP contribution in [0.2, 0.25) is 0 Å². The summed E-state index contributed by atoms with van der Waals surface area (Å²) in [7, 11) is 0. The molecule has 0 N–H and O–H groups in total. The lowest BCUT2D eigenvalue weighted by Gasteiger charge is -2.35. The zero-order valence-electron chi connectivity index (χ0n) is 16.2. The van der Waals surface area contributed by atoms with E-state index in [0.29, 0.717) is 32.4 Å². The van der Waals surface area contributed by atoms with E-state index in [1.807, 2.05) is 41.3 Å². The van der Waals surface area contributed by atoms with Crippen molar-refractivity contribution in [2.45, 2.75) is 31.2 Å². The molecule has 6 heteroatoms. The second-order valence-electron chi connectivity index (χ2n) is 7.51. The molecule has 2 aromatic carbocycles. The molecule has 29 heavy (non-hydrogen) atoms. The van der Waals surface area contributed by atoms with Gasteiger partial charge in [-0.1, -0.05) is 60.7 Å². The summed E-state index contributed by atoms with van der Waals surface area (Å²) in [5, 5.41) is 0. The van der Waals surface area contributed by atoms with Crippen molar-refractivity contribution in [1.29, 1.82) is 0 Å². The predicted molar refractivity (Wildman–Crippen MR) is 107 cm³/mol. The maximum atomic E-state index is 13.1. The highest BCUT2D eigenvalue weighted by atomic mass is 16.6. The summed E-state index contributed by atoms with van der Waals surface area (Å²) in [6.07, 6.45) is 1.01. The Morgan fingerprint density at radius 2 is 1.48 bits per heavy atom. The fraction of sp³-hybridized carbons (Fsp3) is 0.348. The highest BCUT2D eigenvalue weighted by molar-refractivity contribution is 5.98. The van der Waals surface area contributed by atoms with Crippen LogP contribution in [0.1, 0.15) is 36.3 Å². The van der Waals surface area contributed by atoms with Crippen molar-refractivity contribution in [2.24, 2.45) is 0 Å². The fourth-order valence-corrected chi connectivity index (χ4v) is 4.19. The van der Waals surface area contributed by atoms with Gasteiger partial charge in [0.05, 0.1) is 0 Å². The number of piperidine rings is 1. The van der Waals surface area contributed by atoms with Gasteiger partial charge >= 0.3 is 6.09 Å². The second-order valence-corrected chi connectivity index (χ2v) is 7.51. The van der Waals surface area contributed by atoms with E-state index in [2.05, 4.69) is 24.3 Å². The van der Waals surface area contributed by atoms with Crippen LogP contribution in [0.3, 0.4) is 0 Å². The number of nitrogens with zero attached hydrogens (tertiary/aromatic N) is 2. The van der Waals surface area contributed by atoms with Crippen LogP contribution in [-0.2, 0) is 14.3 Å². The number of imide groups is 1. The monoisotopic (exact) mass is 392 g/mol. The fourth-order valence-electron chi connectivity index (χ4n) is 4.19. The van der Waals surface area contributed by atoms with E-state index < -0.39 is 6.09 Å². The summed E-state index contributed by atoms with van der Waals surface area (Å²) in [5.74, 6) is -0.192. The molecule has 2 aromatic rings. The number of cyclic esters (lactones) is 1. The molecule has 2 fully saturated rings. The molecular weight excluding hydrogens is 368 g/mol. The van der Waals surface area contributed by atoms with Crippen molar-refractivity contribution in [3.63, 3.8) is 0 Å². The van der Waals surface area contributed by atoms with E-state index in [1.54, 1.807) is 0 Å². The smallest absolute Gasteiger partial charge is 0.417 e. The number of hydrogen-bond donors (Lipinski definition) is 0. The van der Waals surface area contributed by atoms with Crippen LogP contribution in [0.25, 0.3) is 0 Å². The SMILES string of the molecule is O=C(CC(c1ccccc1)c1ccccc1)N1CCC(N2C(=O)COC2=O)CC1. The number of hydrogen-bond acceptors (Lipinski definition) is 4. The summed E-state index contributed by atoms with van der Waals surface area (Å²) in [6, 6.07) is 20.0. The first-order chi connectivity index (χ1) is 14.1. The van der Waals surface area contributed by atoms with Crippen LogP contribution < -0.4 is 0 Å². The van der Waals surface area contributed by atoms with Gasteiger partial charge in [0.2, 0.25) is 5.91 Å². The number of amides is 3. The average molecular weight is 392 g/mol. The third-order valence-electron chi connectivity index (χ3n) is 5.75. The summed E-state index contributed by atoms with van der Waals surface area (Å²) in [6.45, 7) is 0.904. The molecule has 2 aliphatic heterocycles. The van der Waals surface area contributed by atoms with Gasteiger partial charge in [0, 0.05) is 31.5 Å². The van der Waals surface area contributed by atoms with Gasteiger partial charge in [0.25, 0.3) is 5.91 Å². The largest absolute Gasteiger partial charge is 0.439 e. The van der Waals surface area contributed by atoms with Gasteiger partial charge < -0.3 is 9.64 Å². The van der Waals surface area contributed by atoms with Crippen molar-refractivity contribution < 1.29 is 19.1 Å². The molecule has 3 amide bonds. The van der Waals surface area contributed by atoms with Gasteiger partial charge in [0.1, 0.15) is 0 Å². The van der Waals surface area contributed by atoms with Gasteiger partial charge in [-0.15, -0.1) is 0 Å². The van der Waals surface area contributed by atoms with Crippen molar-refractivity contribution in [3.05, 3.63) is 71.8 Å². The minimum absolute atomic E-state index is 0.00207. The van der Waals surface area contributed by atoms with Crippen molar-refractivity contribution in [1.82, 2.24) is 9.80 Å². The molecular formula is C23H24N2O4. The van der Waals surface area contributed by atoms with Crippen LogP contribution in [-0.4, -0.2) is 53.4 Å². The van der Waals surface area contributed by atoms with Crippen LogP contribution in [0.15, 0.2) is 60.7 Å². The Balaban J connectivity index is 1.42. The molecule has 0 aliphatic carbocycles. The van der Waals surface area contributed by atoms with E-state index in [4.69, 9.17) is 4.74 Å². The summed E-state index contributed by atoms with van der Waals surface area (Å²) < 4.78 is 4.81. The first-order valence-corrected chi connectivity index (χ1v) is 10.00. The molecule has 0 bridgehead atoms. The predicted octanol–water partition coefficient (Wildman–Crippen LogP) is 3.18. The van der Waals surface area contributed by atoms with Crippen molar-refractivity contribution in [2.75, 3.05) is 19.7 Å². The van der Waals surface area contributed by atoms with Gasteiger partial charge in [-0.05, 0) is 24.0 Å². The molecule has 0 spiro atoms. The van der Waals surface area contributed by atoms with E-state index >= 15 is 0 Å². The minimum Gasteiger partial charge on any atom is -0.439 e. The number of likely N-dealkylation sites (tertiary alicyclic amines) is 1. The maximum Gasteiger partial charge on any atom is 0.417 e. The quantitative estimate of drug-likeness (QED) is 0.784. The molecule has 0 saturated carbocycles. The first kappa shape index (κ1) is 19.2. The molecule has 0 atom stereocenters. The molecule has 4 rings (SSSR count). The maximum absolute atomic E-state index is 13.1. The van der Waals surface area contributed by atoms with Crippen LogP contribution >= 0.6 is 0 Å². The van der Waals surface area contributed by atoms with Gasteiger partial charge in [0.15, 0.2) is 6.61 Å². The molecule has 150 valence electrons. The standard InChI is InChI=1S/C23H24N2O4/c26-21(24-13-11-19(12-14-24)25-22(27)16-29-23(25)28)15-20(17-7-3-1-4-8-17)18-9-5-2-6-10-18/h1-10,19-20H,11-16H2. The van der Waals surface area contributed by atoms with E-state index in [1.165, 1.54) is 4.90 Å². The topological polar surface area (TPSA) is 66.9 Å². The number of rotatable bonds is 5. The van der Waals surface area contributed by atoms with E-state index in [0.717, 1.165) is 11.1 Å². The second kappa shape index (κ2) is 8.47. The molecule has 0 radical (unpaired) electrons. The Bertz CT molecular complexity index is 821. The number of carbonyl (C=O) groups excluding carboxylic acids is 3. The molecule has 2 saturated heterocycles. The van der Waals surface area contributed by atoms with Crippen LogP contribution in [0, 0.1) is 0 Å². The van der Waals surface area contributed by atoms with Crippen molar-refractivity contribution >= 4 is 17.9 Å². The molecule has 2 aliphatic rings. The lowest BCUT2D eigenvalue weighted by molar-refractivity contribution is -0.133. The Hall–Kier alpha value is -3.15. The Labute approximate surface area is 170 Å². The highest BCUT2D eigenvalue weighted by Gasteiger charge is 2.39. The van der Waals surface area contributed by atoms with Gasteiger partial charge in [-0.25, -0.2) is 9.69 Å². The van der Waals surface area contributed by atoms with Gasteiger partial charge in [-0.2, -0.15) is 0 Å². The zero-order chi connectivity index (χ0) is 20.2. The zero-order valence-corrected chi connectivity index (χ0v) is 16.2. The average Bonchev–Trinajstić information content (AvgIpc) is 3.11. The first-order valence-electron chi connectivity index (χ1n) is 10.00. The summed E-state index contributed by atoms with van der Waals surface area (Å²) >= 11 is 0. The Morgan fingerprint density at radius 1 is 0.931 bits per heavy atom. The number of ether oxygens (including phenoxy) is 1. The number of benzene rings is 2. The van der Waals surface area contributed by atoms with E-state index in [-0.39, 0.29) is 30.4 Å². The molecule has 0 aromatic heterocycles. The van der Waals surface area contributed by atoms with Crippen molar-refractivity contribution in [3.8, 4) is 0 Å². The normalized spacial score (nSPS) is 17.7. The number of carbonyl (C=O) groups is 3. The van der Waals surface area contributed by atoms with Crippen LogP contribution in [0.4, 0.5) is 4.79 Å². The molecule has 2 heterocycles. The minimum atomic E-state index is -0.562. The Kier molecular flexibility index (Phi) is 5.60. The molecule has 0 unspecified atom stereocenters. The third-order valence-corrected chi connectivity index (χ3v) is 5.75. The summed E-state index contributed by atoms with van der Waals surface area (Å²) in [4.78, 5) is 39.8. The highest BCUT2D eigenvalue weighted by Crippen LogP contribution is 2.29. The van der Waals surface area contributed by atoms with Crippen LogP contribution in [0.5, 0.6) is 0 Å². The lowest BCUT2D eigenvalue weighted by Crippen LogP contribution is -2.48. The van der Waals surface area contributed by atoms with E-state index in [9.17, 15) is 14.4 Å².